The van der Waals surface area contributed by atoms with E-state index in [0.29, 0.717) is 22.5 Å². The maximum atomic E-state index is 12.9. The molecule has 8 heteroatoms. The van der Waals surface area contributed by atoms with Gasteiger partial charge in [0.1, 0.15) is 10.8 Å². The second-order valence-electron chi connectivity index (χ2n) is 5.94. The van der Waals surface area contributed by atoms with Crippen molar-refractivity contribution >= 4 is 34.2 Å². The Balaban J connectivity index is 1.97. The van der Waals surface area contributed by atoms with Gasteiger partial charge in [0.2, 0.25) is 0 Å². The molecule has 0 saturated heterocycles. The Morgan fingerprint density at radius 3 is 2.39 bits per heavy atom. The highest BCUT2D eigenvalue weighted by Crippen LogP contribution is 2.34. The van der Waals surface area contributed by atoms with Crippen molar-refractivity contribution in [3.63, 3.8) is 0 Å². The van der Waals surface area contributed by atoms with Gasteiger partial charge in [-0.05, 0) is 43.5 Å². The van der Waals surface area contributed by atoms with E-state index < -0.39 is 30.3 Å². The Morgan fingerprint density at radius 1 is 1.11 bits per heavy atom. The van der Waals surface area contributed by atoms with Gasteiger partial charge in [0.25, 0.3) is 5.91 Å². The van der Waals surface area contributed by atoms with Gasteiger partial charge in [-0.25, -0.2) is 9.18 Å². The van der Waals surface area contributed by atoms with Gasteiger partial charge in [0.15, 0.2) is 6.61 Å². The van der Waals surface area contributed by atoms with Gasteiger partial charge in [-0.3, -0.25) is 9.59 Å². The van der Waals surface area contributed by atoms with Gasteiger partial charge >= 0.3 is 11.9 Å². The molecule has 1 N–H and O–H groups in total. The van der Waals surface area contributed by atoms with Crippen molar-refractivity contribution in [1.82, 2.24) is 0 Å². The van der Waals surface area contributed by atoms with Crippen LogP contribution in [0, 0.1) is 12.7 Å². The fraction of sp³-hybridized carbons (Fsp3) is 0.350. The summed E-state index contributed by atoms with van der Waals surface area (Å²) in [5, 5.41) is 3.01. The van der Waals surface area contributed by atoms with Crippen LogP contribution in [0.2, 0.25) is 0 Å². The number of aryl methyl sites for hydroxylation is 1. The lowest BCUT2D eigenvalue weighted by molar-refractivity contribution is -0.146. The minimum atomic E-state index is -0.607. The Bertz CT molecular complexity index is 860. The first-order valence-corrected chi connectivity index (χ1v) is 9.66. The lowest BCUT2D eigenvalue weighted by Crippen LogP contribution is -2.22. The number of anilines is 1. The summed E-state index contributed by atoms with van der Waals surface area (Å²) in [6, 6.07) is 5.44. The average molecular weight is 407 g/mol. The molecule has 0 aliphatic rings. The van der Waals surface area contributed by atoms with Gasteiger partial charge in [-0.1, -0.05) is 19.1 Å². The highest BCUT2D eigenvalue weighted by atomic mass is 32.1. The van der Waals surface area contributed by atoms with Gasteiger partial charge < -0.3 is 14.8 Å². The van der Waals surface area contributed by atoms with Gasteiger partial charge in [-0.2, -0.15) is 0 Å². The molecular formula is C20H22FNO5S. The summed E-state index contributed by atoms with van der Waals surface area (Å²) in [4.78, 5) is 37.2. The Kier molecular flexibility index (Phi) is 7.69. The molecule has 28 heavy (non-hydrogen) atoms. The first-order valence-electron chi connectivity index (χ1n) is 8.84. The molecule has 0 aliphatic carbocycles. The fourth-order valence-corrected chi connectivity index (χ4v) is 3.71. The number of amides is 1. The molecule has 2 aromatic rings. The lowest BCUT2D eigenvalue weighted by atomic mass is 10.1. The highest BCUT2D eigenvalue weighted by Gasteiger charge is 2.23. The van der Waals surface area contributed by atoms with Crippen molar-refractivity contribution in [2.45, 2.75) is 33.6 Å². The van der Waals surface area contributed by atoms with E-state index >= 15 is 0 Å². The third-order valence-corrected chi connectivity index (χ3v) is 5.28. The van der Waals surface area contributed by atoms with E-state index in [4.69, 9.17) is 9.47 Å². The molecule has 0 unspecified atom stereocenters. The van der Waals surface area contributed by atoms with Crippen molar-refractivity contribution in [3.8, 4) is 0 Å². The number of esters is 2. The van der Waals surface area contributed by atoms with Crippen molar-refractivity contribution in [1.29, 1.82) is 0 Å². The molecule has 0 atom stereocenters. The standard InChI is InChI=1S/C20H22FNO5S/c1-4-15-12(3)18(20(25)26-5-2)19(28-15)22-16(23)11-27-17(24)10-13-6-8-14(21)9-7-13/h6-9H,4-5,10-11H2,1-3H3,(H,22,23). The predicted octanol–water partition coefficient (Wildman–Crippen LogP) is 3.66. The number of carbonyl (C=O) groups is 3. The zero-order valence-corrected chi connectivity index (χ0v) is 16.8. The second-order valence-corrected chi connectivity index (χ2v) is 7.05. The molecular weight excluding hydrogens is 385 g/mol. The second kappa shape index (κ2) is 9.98. The Labute approximate surface area is 166 Å². The van der Waals surface area contributed by atoms with Crippen molar-refractivity contribution in [3.05, 3.63) is 51.7 Å². The Morgan fingerprint density at radius 2 is 1.79 bits per heavy atom. The molecule has 0 aliphatic heterocycles. The molecule has 6 nitrogen and oxygen atoms in total. The average Bonchev–Trinajstić information content (AvgIpc) is 2.97. The van der Waals surface area contributed by atoms with Gasteiger partial charge in [-0.15, -0.1) is 11.3 Å². The van der Waals surface area contributed by atoms with Gasteiger partial charge in [0.05, 0.1) is 18.6 Å². The Hall–Kier alpha value is -2.74. The van der Waals surface area contributed by atoms with Crippen molar-refractivity contribution in [2.24, 2.45) is 0 Å². The molecule has 1 heterocycles. The zero-order chi connectivity index (χ0) is 20.7. The number of hydrogen-bond acceptors (Lipinski definition) is 6. The van der Waals surface area contributed by atoms with Crippen LogP contribution in [0.25, 0.3) is 0 Å². The third kappa shape index (κ3) is 5.63. The molecule has 0 bridgehead atoms. The summed E-state index contributed by atoms with van der Waals surface area (Å²) < 4.78 is 22.9. The van der Waals surface area contributed by atoms with Gasteiger partial charge in [0, 0.05) is 4.88 Å². The van der Waals surface area contributed by atoms with Crippen LogP contribution in [0.4, 0.5) is 9.39 Å². The van der Waals surface area contributed by atoms with Crippen LogP contribution in [0.1, 0.15) is 40.2 Å². The smallest absolute Gasteiger partial charge is 0.341 e. The van der Waals surface area contributed by atoms with Crippen molar-refractivity contribution < 1.29 is 28.2 Å². The summed E-state index contributed by atoms with van der Waals surface area (Å²) in [7, 11) is 0. The van der Waals surface area contributed by atoms with Crippen LogP contribution in [-0.2, 0) is 31.9 Å². The molecule has 0 saturated carbocycles. The van der Waals surface area contributed by atoms with Crippen LogP contribution in [0.15, 0.2) is 24.3 Å². The zero-order valence-electron chi connectivity index (χ0n) is 16.0. The number of nitrogens with one attached hydrogen (secondary N) is 1. The van der Waals surface area contributed by atoms with Crippen LogP contribution >= 0.6 is 11.3 Å². The van der Waals surface area contributed by atoms with E-state index in [0.717, 1.165) is 10.4 Å². The summed E-state index contributed by atoms with van der Waals surface area (Å²) in [5.74, 6) is -2.06. The molecule has 1 aromatic carbocycles. The molecule has 0 radical (unpaired) electrons. The number of carbonyl (C=O) groups excluding carboxylic acids is 3. The molecule has 1 aromatic heterocycles. The molecule has 0 spiro atoms. The number of halogens is 1. The number of hydrogen-bond donors (Lipinski definition) is 1. The maximum Gasteiger partial charge on any atom is 0.341 e. The molecule has 0 fully saturated rings. The molecule has 1 amide bonds. The van der Waals surface area contributed by atoms with E-state index in [9.17, 15) is 18.8 Å². The normalized spacial score (nSPS) is 10.4. The third-order valence-electron chi connectivity index (χ3n) is 3.93. The van der Waals surface area contributed by atoms with Crippen LogP contribution < -0.4 is 5.32 Å². The van der Waals surface area contributed by atoms with Crippen LogP contribution in [0.5, 0.6) is 0 Å². The summed E-state index contributed by atoms with van der Waals surface area (Å²) >= 11 is 1.30. The SMILES string of the molecule is CCOC(=O)c1c(NC(=O)COC(=O)Cc2ccc(F)cc2)sc(CC)c1C. The summed E-state index contributed by atoms with van der Waals surface area (Å²) in [5.41, 5.74) is 1.68. The topological polar surface area (TPSA) is 81.7 Å². The van der Waals surface area contributed by atoms with Crippen LogP contribution in [-0.4, -0.2) is 31.1 Å². The van der Waals surface area contributed by atoms with E-state index in [2.05, 4.69) is 5.32 Å². The fourth-order valence-electron chi connectivity index (χ4n) is 2.56. The maximum absolute atomic E-state index is 12.9. The lowest BCUT2D eigenvalue weighted by Gasteiger charge is -2.08. The number of rotatable bonds is 8. The van der Waals surface area contributed by atoms with Crippen LogP contribution in [0.3, 0.4) is 0 Å². The van der Waals surface area contributed by atoms with E-state index in [1.165, 1.54) is 35.6 Å². The minimum Gasteiger partial charge on any atom is -0.462 e. The number of thiophene rings is 1. The minimum absolute atomic E-state index is 0.0697. The highest BCUT2D eigenvalue weighted by molar-refractivity contribution is 7.17. The summed E-state index contributed by atoms with van der Waals surface area (Å²) in [6.07, 6.45) is 0.644. The van der Waals surface area contributed by atoms with E-state index in [-0.39, 0.29) is 13.0 Å². The first-order chi connectivity index (χ1) is 13.3. The van der Waals surface area contributed by atoms with E-state index in [1.807, 2.05) is 6.92 Å². The molecule has 2 rings (SSSR count). The number of ether oxygens (including phenoxy) is 2. The van der Waals surface area contributed by atoms with Crippen molar-refractivity contribution in [2.75, 3.05) is 18.5 Å². The first kappa shape index (κ1) is 21.6. The predicted molar refractivity (Wildman–Crippen MR) is 104 cm³/mol. The number of benzene rings is 1. The quantitative estimate of drug-likeness (QED) is 0.676. The monoisotopic (exact) mass is 407 g/mol. The largest absolute Gasteiger partial charge is 0.462 e. The molecule has 150 valence electrons. The summed E-state index contributed by atoms with van der Waals surface area (Å²) in [6.45, 7) is 5.21. The van der Waals surface area contributed by atoms with E-state index in [1.54, 1.807) is 13.8 Å².